The Morgan fingerprint density at radius 2 is 1.22 bits per heavy atom. The third-order valence-electron chi connectivity index (χ3n) is 4.64. The van der Waals surface area contributed by atoms with E-state index in [9.17, 15) is 5.11 Å². The second kappa shape index (κ2) is 5.17. The average Bonchev–Trinajstić information content (AvgIpc) is 2.89. The molecule has 0 heterocycles. The zero-order valence-corrected chi connectivity index (χ0v) is 13.3. The Morgan fingerprint density at radius 3 is 1.78 bits per heavy atom. The van der Waals surface area contributed by atoms with Crippen molar-refractivity contribution in [2.45, 2.75) is 5.92 Å². The molecular weight excluding hydrogens is 282 g/mol. The maximum atomic E-state index is 10.4. The molecule has 1 aliphatic carbocycles. The molecule has 3 aromatic rings. The Morgan fingerprint density at radius 1 is 0.696 bits per heavy atom. The van der Waals surface area contributed by atoms with E-state index in [0.29, 0.717) is 5.75 Å². The van der Waals surface area contributed by atoms with Gasteiger partial charge in [-0.25, -0.2) is 0 Å². The number of phenolic OH excluding ortho intramolecular Hbond substituents is 1. The lowest BCUT2D eigenvalue weighted by Crippen LogP contribution is -2.13. The summed E-state index contributed by atoms with van der Waals surface area (Å²) in [6, 6.07) is 22.9. The van der Waals surface area contributed by atoms with Crippen molar-refractivity contribution < 1.29 is 5.11 Å². The average molecular weight is 301 g/mol. The quantitative estimate of drug-likeness (QED) is 0.584. The number of hydrogen-bond acceptors (Lipinski definition) is 2. The number of fused-ring (bicyclic) bond motifs is 3. The molecule has 114 valence electrons. The first-order chi connectivity index (χ1) is 11.2. The molecular formula is C21H19NO. The second-order valence-corrected chi connectivity index (χ2v) is 6.22. The number of benzene rings is 3. The molecule has 0 unspecified atom stereocenters. The van der Waals surface area contributed by atoms with Gasteiger partial charge in [0.25, 0.3) is 0 Å². The topological polar surface area (TPSA) is 23.5 Å². The largest absolute Gasteiger partial charge is 0.506 e. The van der Waals surface area contributed by atoms with Gasteiger partial charge in [0.2, 0.25) is 0 Å². The van der Waals surface area contributed by atoms with E-state index >= 15 is 0 Å². The fraction of sp³-hybridized carbons (Fsp3) is 0.143. The van der Waals surface area contributed by atoms with Crippen LogP contribution in [-0.2, 0) is 0 Å². The SMILES string of the molecule is CN(C)c1c(O)cccc1C1c2ccccc2-c2ccccc21. The fourth-order valence-corrected chi connectivity index (χ4v) is 3.76. The molecule has 0 bridgehead atoms. The molecule has 0 spiro atoms. The second-order valence-electron chi connectivity index (χ2n) is 6.22. The van der Waals surface area contributed by atoms with Crippen molar-refractivity contribution in [2.24, 2.45) is 0 Å². The van der Waals surface area contributed by atoms with E-state index in [4.69, 9.17) is 0 Å². The van der Waals surface area contributed by atoms with E-state index in [1.54, 1.807) is 6.07 Å². The molecule has 0 fully saturated rings. The van der Waals surface area contributed by atoms with Crippen LogP contribution in [0.15, 0.2) is 66.7 Å². The molecule has 2 nitrogen and oxygen atoms in total. The van der Waals surface area contributed by atoms with Gasteiger partial charge in [-0.1, -0.05) is 60.7 Å². The highest BCUT2D eigenvalue weighted by atomic mass is 16.3. The Kier molecular flexibility index (Phi) is 3.12. The van der Waals surface area contributed by atoms with Crippen molar-refractivity contribution in [3.05, 3.63) is 83.4 Å². The summed E-state index contributed by atoms with van der Waals surface area (Å²) in [7, 11) is 3.95. The molecule has 3 aromatic carbocycles. The zero-order chi connectivity index (χ0) is 16.0. The molecule has 0 aromatic heterocycles. The van der Waals surface area contributed by atoms with E-state index in [1.807, 2.05) is 25.1 Å². The van der Waals surface area contributed by atoms with Gasteiger partial charge in [0, 0.05) is 20.0 Å². The zero-order valence-electron chi connectivity index (χ0n) is 13.3. The van der Waals surface area contributed by atoms with Crippen molar-refractivity contribution >= 4 is 5.69 Å². The number of para-hydroxylation sites is 1. The molecule has 0 saturated heterocycles. The summed E-state index contributed by atoms with van der Waals surface area (Å²) in [5.74, 6) is 0.487. The van der Waals surface area contributed by atoms with Crippen LogP contribution in [0, 0.1) is 0 Å². The highest BCUT2D eigenvalue weighted by molar-refractivity contribution is 5.82. The van der Waals surface area contributed by atoms with Crippen molar-refractivity contribution in [3.8, 4) is 16.9 Å². The summed E-state index contributed by atoms with van der Waals surface area (Å²) in [6.45, 7) is 0. The number of phenols is 1. The summed E-state index contributed by atoms with van der Waals surface area (Å²) >= 11 is 0. The highest BCUT2D eigenvalue weighted by Gasteiger charge is 2.31. The number of hydrogen-bond donors (Lipinski definition) is 1. The Hall–Kier alpha value is -2.74. The van der Waals surface area contributed by atoms with Crippen LogP contribution in [-0.4, -0.2) is 19.2 Å². The van der Waals surface area contributed by atoms with Crippen molar-refractivity contribution in [3.63, 3.8) is 0 Å². The molecule has 23 heavy (non-hydrogen) atoms. The van der Waals surface area contributed by atoms with Gasteiger partial charge in [0.1, 0.15) is 5.75 Å². The third kappa shape index (κ3) is 2.02. The Balaban J connectivity index is 2.03. The molecule has 0 radical (unpaired) electrons. The molecule has 0 saturated carbocycles. The van der Waals surface area contributed by atoms with Crippen molar-refractivity contribution in [2.75, 3.05) is 19.0 Å². The van der Waals surface area contributed by atoms with Gasteiger partial charge in [0.15, 0.2) is 0 Å². The molecule has 4 rings (SSSR count). The predicted octanol–water partition coefficient (Wildman–Crippen LogP) is 4.62. The minimum atomic E-state index is 0.159. The van der Waals surface area contributed by atoms with Crippen LogP contribution < -0.4 is 4.90 Å². The number of nitrogens with zero attached hydrogens (tertiary/aromatic N) is 1. The predicted molar refractivity (Wildman–Crippen MR) is 95.3 cm³/mol. The first kappa shape index (κ1) is 13.9. The first-order valence-electron chi connectivity index (χ1n) is 7.86. The van der Waals surface area contributed by atoms with Crippen molar-refractivity contribution in [1.29, 1.82) is 0 Å². The third-order valence-corrected chi connectivity index (χ3v) is 4.64. The van der Waals surface area contributed by atoms with Gasteiger partial charge in [-0.3, -0.25) is 0 Å². The maximum Gasteiger partial charge on any atom is 0.139 e. The van der Waals surface area contributed by atoms with Gasteiger partial charge >= 0.3 is 0 Å². The summed E-state index contributed by atoms with van der Waals surface area (Å²) in [6.07, 6.45) is 0. The first-order valence-corrected chi connectivity index (χ1v) is 7.86. The molecule has 1 aliphatic rings. The number of aromatic hydroxyl groups is 1. The standard InChI is InChI=1S/C21H19NO/c1-22(2)21-18(12-7-13-19(21)23)20-16-10-5-3-8-14(16)15-9-4-6-11-17(15)20/h3-13,20,23H,1-2H3. The van der Waals surface area contributed by atoms with Gasteiger partial charge in [0.05, 0.1) is 5.69 Å². The van der Waals surface area contributed by atoms with Crippen LogP contribution in [0.25, 0.3) is 11.1 Å². The summed E-state index contributed by atoms with van der Waals surface area (Å²) < 4.78 is 0. The minimum absolute atomic E-state index is 0.159. The van der Waals surface area contributed by atoms with Crippen molar-refractivity contribution in [1.82, 2.24) is 0 Å². The lowest BCUT2D eigenvalue weighted by Gasteiger charge is -2.23. The van der Waals surface area contributed by atoms with Crippen LogP contribution in [0.5, 0.6) is 5.75 Å². The Bertz CT molecular complexity index is 837. The Labute approximate surface area is 136 Å². The molecule has 2 heteroatoms. The summed E-state index contributed by atoms with van der Waals surface area (Å²) in [4.78, 5) is 1.99. The molecule has 1 N–H and O–H groups in total. The fourth-order valence-electron chi connectivity index (χ4n) is 3.76. The number of anilines is 1. The van der Waals surface area contributed by atoms with Crippen LogP contribution in [0.2, 0.25) is 0 Å². The monoisotopic (exact) mass is 301 g/mol. The minimum Gasteiger partial charge on any atom is -0.506 e. The summed E-state index contributed by atoms with van der Waals surface area (Å²) in [5.41, 5.74) is 7.24. The van der Waals surface area contributed by atoms with Gasteiger partial charge in [-0.15, -0.1) is 0 Å². The molecule has 0 amide bonds. The summed E-state index contributed by atoms with van der Waals surface area (Å²) in [5, 5.41) is 10.4. The highest BCUT2D eigenvalue weighted by Crippen LogP contribution is 2.50. The van der Waals surface area contributed by atoms with Crippen LogP contribution in [0.1, 0.15) is 22.6 Å². The van der Waals surface area contributed by atoms with Crippen LogP contribution in [0.4, 0.5) is 5.69 Å². The van der Waals surface area contributed by atoms with Gasteiger partial charge in [-0.2, -0.15) is 0 Å². The normalized spacial score (nSPS) is 12.8. The van der Waals surface area contributed by atoms with E-state index in [0.717, 1.165) is 11.3 Å². The molecule has 0 aliphatic heterocycles. The van der Waals surface area contributed by atoms with Gasteiger partial charge in [-0.05, 0) is 33.9 Å². The number of rotatable bonds is 2. The lowest BCUT2D eigenvalue weighted by atomic mass is 9.88. The van der Waals surface area contributed by atoms with E-state index in [2.05, 4.69) is 54.6 Å². The van der Waals surface area contributed by atoms with Crippen LogP contribution in [0.3, 0.4) is 0 Å². The van der Waals surface area contributed by atoms with Gasteiger partial charge < -0.3 is 10.0 Å². The van der Waals surface area contributed by atoms with Crippen LogP contribution >= 0.6 is 0 Å². The van der Waals surface area contributed by atoms with E-state index in [1.165, 1.54) is 22.3 Å². The van der Waals surface area contributed by atoms with E-state index < -0.39 is 0 Å². The van der Waals surface area contributed by atoms with E-state index in [-0.39, 0.29) is 5.92 Å². The maximum absolute atomic E-state index is 10.4. The lowest BCUT2D eigenvalue weighted by molar-refractivity contribution is 0.475. The molecule has 0 atom stereocenters. The smallest absolute Gasteiger partial charge is 0.139 e.